The average molecular weight is 461 g/mol. The van der Waals surface area contributed by atoms with Gasteiger partial charge in [0.15, 0.2) is 5.16 Å². The number of nitrogens with one attached hydrogen (secondary N) is 2. The van der Waals surface area contributed by atoms with Gasteiger partial charge in [-0.2, -0.15) is 0 Å². The fraction of sp³-hybridized carbons (Fsp3) is 0.350. The highest BCUT2D eigenvalue weighted by atomic mass is 35.5. The summed E-state index contributed by atoms with van der Waals surface area (Å²) < 4.78 is 1.81. The molecule has 1 fully saturated rings. The second kappa shape index (κ2) is 9.52. The Morgan fingerprint density at radius 1 is 1.06 bits per heavy atom. The number of rotatable bonds is 6. The Bertz CT molecular complexity index is 1150. The van der Waals surface area contributed by atoms with Crippen molar-refractivity contribution in [3.05, 3.63) is 67.7 Å². The summed E-state index contributed by atoms with van der Waals surface area (Å²) in [5.74, 6) is 0.862. The lowest BCUT2D eigenvalue weighted by Gasteiger charge is -2.26. The SMILES string of the molecule is O=C(CSc1nnc(Cc2cc(=O)[nH]c(=O)[nH]2)n1-c1ccc(Cl)cc1)N1CCCCC1. The maximum Gasteiger partial charge on any atom is 0.325 e. The zero-order valence-corrected chi connectivity index (χ0v) is 18.2. The van der Waals surface area contributed by atoms with Crippen LogP contribution in [-0.4, -0.2) is 54.4 Å². The van der Waals surface area contributed by atoms with Crippen LogP contribution in [0.15, 0.2) is 45.1 Å². The van der Waals surface area contributed by atoms with Gasteiger partial charge in [0, 0.05) is 42.0 Å². The zero-order valence-electron chi connectivity index (χ0n) is 16.6. The molecule has 3 aromatic rings. The van der Waals surface area contributed by atoms with Crippen molar-refractivity contribution in [2.24, 2.45) is 0 Å². The van der Waals surface area contributed by atoms with Crippen molar-refractivity contribution in [1.82, 2.24) is 29.6 Å². The Morgan fingerprint density at radius 2 is 1.81 bits per heavy atom. The molecule has 0 saturated carbocycles. The summed E-state index contributed by atoms with van der Waals surface area (Å²) in [6.07, 6.45) is 3.43. The molecule has 0 aliphatic carbocycles. The number of likely N-dealkylation sites (tertiary alicyclic amines) is 1. The minimum Gasteiger partial charge on any atom is -0.342 e. The van der Waals surface area contributed by atoms with Crippen LogP contribution in [0, 0.1) is 0 Å². The molecule has 1 saturated heterocycles. The highest BCUT2D eigenvalue weighted by molar-refractivity contribution is 7.99. The third kappa shape index (κ3) is 5.26. The molecule has 1 aliphatic heterocycles. The second-order valence-corrected chi connectivity index (χ2v) is 8.61. The Balaban J connectivity index is 1.61. The van der Waals surface area contributed by atoms with Crippen molar-refractivity contribution in [3.63, 3.8) is 0 Å². The number of aromatic amines is 2. The first-order valence-corrected chi connectivity index (χ1v) is 11.3. The molecule has 162 valence electrons. The van der Waals surface area contributed by atoms with E-state index in [1.54, 1.807) is 12.1 Å². The van der Waals surface area contributed by atoms with E-state index in [1.807, 2.05) is 21.6 Å². The number of hydrogen-bond donors (Lipinski definition) is 2. The lowest BCUT2D eigenvalue weighted by atomic mass is 10.1. The fourth-order valence-electron chi connectivity index (χ4n) is 3.50. The van der Waals surface area contributed by atoms with Gasteiger partial charge in [0.1, 0.15) is 5.82 Å². The maximum atomic E-state index is 12.6. The van der Waals surface area contributed by atoms with Crippen LogP contribution in [0.4, 0.5) is 0 Å². The third-order valence-corrected chi connectivity index (χ3v) is 6.15. The van der Waals surface area contributed by atoms with E-state index >= 15 is 0 Å². The van der Waals surface area contributed by atoms with E-state index in [-0.39, 0.29) is 18.1 Å². The summed E-state index contributed by atoms with van der Waals surface area (Å²) in [6, 6.07) is 8.47. The molecule has 0 spiro atoms. The predicted octanol–water partition coefficient (Wildman–Crippen LogP) is 1.99. The topological polar surface area (TPSA) is 117 Å². The van der Waals surface area contributed by atoms with Gasteiger partial charge in [0.2, 0.25) is 5.91 Å². The van der Waals surface area contributed by atoms with Gasteiger partial charge in [-0.25, -0.2) is 4.79 Å². The second-order valence-electron chi connectivity index (χ2n) is 7.23. The summed E-state index contributed by atoms with van der Waals surface area (Å²) in [7, 11) is 0. The Kier molecular flexibility index (Phi) is 6.57. The molecule has 3 heterocycles. The summed E-state index contributed by atoms with van der Waals surface area (Å²) in [4.78, 5) is 42.5. The third-order valence-electron chi connectivity index (χ3n) is 4.98. The van der Waals surface area contributed by atoms with Crippen molar-refractivity contribution < 1.29 is 4.79 Å². The van der Waals surface area contributed by atoms with Gasteiger partial charge in [0.25, 0.3) is 5.56 Å². The van der Waals surface area contributed by atoms with Gasteiger partial charge in [-0.05, 0) is 43.5 Å². The first kappa shape index (κ1) is 21.4. The lowest BCUT2D eigenvalue weighted by Crippen LogP contribution is -2.36. The van der Waals surface area contributed by atoms with E-state index in [0.29, 0.717) is 21.7 Å². The van der Waals surface area contributed by atoms with Gasteiger partial charge < -0.3 is 9.88 Å². The van der Waals surface area contributed by atoms with Crippen molar-refractivity contribution in [2.75, 3.05) is 18.8 Å². The molecule has 0 atom stereocenters. The van der Waals surface area contributed by atoms with E-state index in [4.69, 9.17) is 11.6 Å². The number of H-pyrrole nitrogens is 2. The smallest absolute Gasteiger partial charge is 0.325 e. The largest absolute Gasteiger partial charge is 0.342 e. The highest BCUT2D eigenvalue weighted by Gasteiger charge is 2.20. The van der Waals surface area contributed by atoms with Crippen molar-refractivity contribution in [2.45, 2.75) is 30.8 Å². The molecule has 1 aromatic carbocycles. The summed E-state index contributed by atoms with van der Waals surface area (Å²) in [5, 5.41) is 9.67. The van der Waals surface area contributed by atoms with Crippen molar-refractivity contribution in [1.29, 1.82) is 0 Å². The molecule has 9 nitrogen and oxygen atoms in total. The molecule has 1 amide bonds. The fourth-order valence-corrected chi connectivity index (χ4v) is 4.50. The Hall–Kier alpha value is -2.85. The van der Waals surface area contributed by atoms with Crippen LogP contribution in [0.1, 0.15) is 30.8 Å². The van der Waals surface area contributed by atoms with Crippen LogP contribution in [0.3, 0.4) is 0 Å². The highest BCUT2D eigenvalue weighted by Crippen LogP contribution is 2.25. The van der Waals surface area contributed by atoms with Crippen molar-refractivity contribution in [3.8, 4) is 5.69 Å². The molecule has 0 unspecified atom stereocenters. The molecule has 31 heavy (non-hydrogen) atoms. The normalized spacial score (nSPS) is 14.0. The van der Waals surface area contributed by atoms with E-state index in [9.17, 15) is 14.4 Å². The number of carbonyl (C=O) groups excluding carboxylic acids is 1. The number of piperidine rings is 1. The molecule has 11 heteroatoms. The van der Waals surface area contributed by atoms with Gasteiger partial charge in [-0.1, -0.05) is 23.4 Å². The average Bonchev–Trinajstić information content (AvgIpc) is 3.14. The monoisotopic (exact) mass is 460 g/mol. The van der Waals surface area contributed by atoms with Gasteiger partial charge >= 0.3 is 5.69 Å². The molecular weight excluding hydrogens is 440 g/mol. The number of aromatic nitrogens is 5. The Labute approximate surface area is 186 Å². The predicted molar refractivity (Wildman–Crippen MR) is 118 cm³/mol. The molecular formula is C20H21ClN6O3S. The van der Waals surface area contributed by atoms with Crippen molar-refractivity contribution >= 4 is 29.3 Å². The molecule has 0 bridgehead atoms. The number of carbonyl (C=O) groups is 1. The summed E-state index contributed by atoms with van der Waals surface area (Å²) in [5.41, 5.74) is 0.113. The van der Waals surface area contributed by atoms with Gasteiger partial charge in [-0.15, -0.1) is 10.2 Å². The quantitative estimate of drug-likeness (QED) is 0.543. The van der Waals surface area contributed by atoms with E-state index in [0.717, 1.165) is 38.0 Å². The Morgan fingerprint density at radius 3 is 2.52 bits per heavy atom. The summed E-state index contributed by atoms with van der Waals surface area (Å²) in [6.45, 7) is 1.59. The van der Waals surface area contributed by atoms with E-state index in [1.165, 1.54) is 17.8 Å². The molecule has 2 aromatic heterocycles. The minimum absolute atomic E-state index is 0.0795. The zero-order chi connectivity index (χ0) is 21.8. The van der Waals surface area contributed by atoms with Crippen LogP contribution >= 0.6 is 23.4 Å². The number of amides is 1. The number of thioether (sulfide) groups is 1. The number of halogens is 1. The maximum absolute atomic E-state index is 12.6. The van der Waals surface area contributed by atoms with Crippen LogP contribution in [0.2, 0.25) is 5.02 Å². The van der Waals surface area contributed by atoms with E-state index in [2.05, 4.69) is 20.2 Å². The molecule has 1 aliphatic rings. The minimum atomic E-state index is -0.582. The van der Waals surface area contributed by atoms with Crippen LogP contribution in [0.5, 0.6) is 0 Å². The van der Waals surface area contributed by atoms with Crippen LogP contribution in [0.25, 0.3) is 5.69 Å². The first-order chi connectivity index (χ1) is 15.0. The van der Waals surface area contributed by atoms with Crippen LogP contribution < -0.4 is 11.2 Å². The number of benzene rings is 1. The number of nitrogens with zero attached hydrogens (tertiary/aromatic N) is 4. The number of hydrogen-bond acceptors (Lipinski definition) is 6. The van der Waals surface area contributed by atoms with E-state index < -0.39 is 11.2 Å². The van der Waals surface area contributed by atoms with Gasteiger partial charge in [0.05, 0.1) is 5.75 Å². The van der Waals surface area contributed by atoms with Crippen LogP contribution in [-0.2, 0) is 11.2 Å². The molecule has 2 N–H and O–H groups in total. The standard InChI is InChI=1S/C20H21ClN6O3S/c21-13-4-6-15(7-5-13)27-16(10-14-11-17(28)23-19(30)22-14)24-25-20(27)31-12-18(29)26-8-2-1-3-9-26/h4-7,11H,1-3,8-10,12H2,(H2,22,23,28,30). The lowest BCUT2D eigenvalue weighted by molar-refractivity contribution is -0.129. The molecule has 0 radical (unpaired) electrons. The first-order valence-electron chi connectivity index (χ1n) is 9.93. The summed E-state index contributed by atoms with van der Waals surface area (Å²) >= 11 is 7.34. The molecule has 4 rings (SSSR count). The van der Waals surface area contributed by atoms with Gasteiger partial charge in [-0.3, -0.25) is 19.1 Å².